The first-order valence-corrected chi connectivity index (χ1v) is 5.63. The summed E-state index contributed by atoms with van der Waals surface area (Å²) < 4.78 is 31.5. The molecule has 0 radical (unpaired) electrons. The van der Waals surface area contributed by atoms with E-state index in [2.05, 4.69) is 5.32 Å². The molecular weight excluding hydrogens is 286 g/mol. The fraction of sp³-hybridized carbons (Fsp3) is 0. The first-order valence-electron chi connectivity index (χ1n) is 5.63. The molecule has 0 aliphatic heterocycles. The normalized spacial score (nSPS) is 10.8. The lowest BCUT2D eigenvalue weighted by Crippen LogP contribution is -2.10. The lowest BCUT2D eigenvalue weighted by Gasteiger charge is -2.04. The number of amides is 1. The highest BCUT2D eigenvalue weighted by Gasteiger charge is 2.19. The standard InChI is InChI=1S/C13H8F2N2O4/c14-9-6-10(15)12(17(19)20)7-11(9)16-13(18)4-3-8-2-1-5-21-8/h1-7H,(H,16,18)/b4-3+. The van der Waals surface area contributed by atoms with E-state index < -0.39 is 33.8 Å². The summed E-state index contributed by atoms with van der Waals surface area (Å²) >= 11 is 0. The van der Waals surface area contributed by atoms with Gasteiger partial charge in [0.25, 0.3) is 0 Å². The summed E-state index contributed by atoms with van der Waals surface area (Å²) in [5.41, 5.74) is -1.42. The number of carbonyl (C=O) groups excluding carboxylic acids is 1. The van der Waals surface area contributed by atoms with Crippen LogP contribution >= 0.6 is 0 Å². The van der Waals surface area contributed by atoms with Gasteiger partial charge in [-0.05, 0) is 18.2 Å². The molecule has 0 unspecified atom stereocenters. The Hall–Kier alpha value is -3.03. The smallest absolute Gasteiger partial charge is 0.307 e. The number of nitrogens with zero attached hydrogens (tertiary/aromatic N) is 1. The first kappa shape index (κ1) is 14.4. The largest absolute Gasteiger partial charge is 0.465 e. The molecule has 0 aliphatic carbocycles. The molecule has 1 amide bonds. The van der Waals surface area contributed by atoms with E-state index in [0.29, 0.717) is 17.9 Å². The van der Waals surface area contributed by atoms with Crippen molar-refractivity contribution in [2.75, 3.05) is 5.32 Å². The molecule has 2 aromatic rings. The Morgan fingerprint density at radius 1 is 1.33 bits per heavy atom. The third-order valence-electron chi connectivity index (χ3n) is 2.43. The average Bonchev–Trinajstić information content (AvgIpc) is 2.92. The van der Waals surface area contributed by atoms with Gasteiger partial charge in [-0.2, -0.15) is 4.39 Å². The molecule has 21 heavy (non-hydrogen) atoms. The minimum Gasteiger partial charge on any atom is -0.465 e. The molecule has 108 valence electrons. The van der Waals surface area contributed by atoms with Crippen LogP contribution in [0.4, 0.5) is 20.2 Å². The van der Waals surface area contributed by atoms with E-state index in [4.69, 9.17) is 4.42 Å². The first-order chi connectivity index (χ1) is 9.97. The van der Waals surface area contributed by atoms with E-state index in [1.54, 1.807) is 12.1 Å². The fourth-order valence-corrected chi connectivity index (χ4v) is 1.49. The predicted molar refractivity (Wildman–Crippen MR) is 69.4 cm³/mol. The summed E-state index contributed by atoms with van der Waals surface area (Å²) in [5, 5.41) is 12.6. The van der Waals surface area contributed by atoms with E-state index in [1.807, 2.05) is 0 Å². The zero-order valence-corrected chi connectivity index (χ0v) is 10.4. The number of benzene rings is 1. The minimum atomic E-state index is -1.32. The maximum absolute atomic E-state index is 13.4. The summed E-state index contributed by atoms with van der Waals surface area (Å²) in [6, 6.07) is 4.15. The van der Waals surface area contributed by atoms with Crippen LogP contribution in [0.15, 0.2) is 41.0 Å². The molecule has 0 bridgehead atoms. The summed E-state index contributed by atoms with van der Waals surface area (Å²) in [7, 11) is 0. The molecule has 0 spiro atoms. The van der Waals surface area contributed by atoms with Crippen molar-refractivity contribution in [1.82, 2.24) is 0 Å². The molecular formula is C13H8F2N2O4. The van der Waals surface area contributed by atoms with E-state index in [9.17, 15) is 23.7 Å². The Labute approximate surface area is 116 Å². The number of anilines is 1. The molecule has 2 rings (SSSR count). The molecule has 0 saturated heterocycles. The molecule has 1 N–H and O–H groups in total. The molecule has 0 atom stereocenters. The number of hydrogen-bond acceptors (Lipinski definition) is 4. The topological polar surface area (TPSA) is 85.4 Å². The Morgan fingerprint density at radius 3 is 2.71 bits per heavy atom. The van der Waals surface area contributed by atoms with E-state index in [0.717, 1.165) is 6.08 Å². The quantitative estimate of drug-likeness (QED) is 0.533. The van der Waals surface area contributed by atoms with Gasteiger partial charge in [-0.1, -0.05) is 0 Å². The van der Waals surface area contributed by atoms with Gasteiger partial charge in [0, 0.05) is 18.2 Å². The number of nitrogens with one attached hydrogen (secondary N) is 1. The van der Waals surface area contributed by atoms with Crippen LogP contribution in [-0.2, 0) is 4.79 Å². The summed E-state index contributed by atoms with van der Waals surface area (Å²) in [5.74, 6) is -2.78. The predicted octanol–water partition coefficient (Wildman–Crippen LogP) is 3.12. The Morgan fingerprint density at radius 2 is 2.10 bits per heavy atom. The molecule has 1 aromatic heterocycles. The average molecular weight is 294 g/mol. The summed E-state index contributed by atoms with van der Waals surface area (Å²) in [6.45, 7) is 0. The highest BCUT2D eigenvalue weighted by molar-refractivity contribution is 6.02. The van der Waals surface area contributed by atoms with E-state index >= 15 is 0 Å². The number of halogens is 2. The van der Waals surface area contributed by atoms with Crippen LogP contribution in [0.2, 0.25) is 0 Å². The van der Waals surface area contributed by atoms with Crippen molar-refractivity contribution in [3.05, 3.63) is 64.1 Å². The second-order valence-electron chi connectivity index (χ2n) is 3.88. The van der Waals surface area contributed by atoms with Crippen molar-refractivity contribution in [2.45, 2.75) is 0 Å². The highest BCUT2D eigenvalue weighted by atomic mass is 19.1. The number of rotatable bonds is 4. The Kier molecular flexibility index (Phi) is 4.07. The fourth-order valence-electron chi connectivity index (χ4n) is 1.49. The minimum absolute atomic E-state index is 0.337. The monoisotopic (exact) mass is 294 g/mol. The lowest BCUT2D eigenvalue weighted by molar-refractivity contribution is -0.387. The van der Waals surface area contributed by atoms with Gasteiger partial charge >= 0.3 is 5.69 Å². The van der Waals surface area contributed by atoms with Crippen LogP contribution in [0, 0.1) is 21.7 Å². The molecule has 0 fully saturated rings. The number of carbonyl (C=O) groups is 1. The van der Waals surface area contributed by atoms with Gasteiger partial charge in [0.15, 0.2) is 0 Å². The van der Waals surface area contributed by atoms with Crippen molar-refractivity contribution >= 4 is 23.4 Å². The number of furan rings is 1. The Balaban J connectivity index is 2.17. The van der Waals surface area contributed by atoms with Crippen molar-refractivity contribution in [2.24, 2.45) is 0 Å². The van der Waals surface area contributed by atoms with Gasteiger partial charge in [0.2, 0.25) is 11.7 Å². The highest BCUT2D eigenvalue weighted by Crippen LogP contribution is 2.25. The number of nitro benzene ring substituents is 1. The third kappa shape index (κ3) is 3.50. The van der Waals surface area contributed by atoms with Gasteiger partial charge in [0.1, 0.15) is 11.6 Å². The van der Waals surface area contributed by atoms with Crippen LogP contribution in [0.1, 0.15) is 5.76 Å². The summed E-state index contributed by atoms with van der Waals surface area (Å²) in [6.07, 6.45) is 3.78. The maximum atomic E-state index is 13.4. The number of nitro groups is 1. The number of hydrogen-bond donors (Lipinski definition) is 1. The molecule has 8 heteroatoms. The van der Waals surface area contributed by atoms with Crippen LogP contribution in [0.3, 0.4) is 0 Å². The van der Waals surface area contributed by atoms with Crippen LogP contribution < -0.4 is 5.32 Å². The van der Waals surface area contributed by atoms with Gasteiger partial charge < -0.3 is 9.73 Å². The maximum Gasteiger partial charge on any atom is 0.307 e. The second-order valence-corrected chi connectivity index (χ2v) is 3.88. The molecule has 1 aromatic carbocycles. The SMILES string of the molecule is O=C(/C=C/c1ccco1)Nc1cc([N+](=O)[O-])c(F)cc1F. The van der Waals surface area contributed by atoms with Crippen LogP contribution in [-0.4, -0.2) is 10.8 Å². The van der Waals surface area contributed by atoms with Crippen molar-refractivity contribution in [3.8, 4) is 0 Å². The zero-order valence-electron chi connectivity index (χ0n) is 10.4. The molecule has 0 aliphatic rings. The zero-order chi connectivity index (χ0) is 15.4. The van der Waals surface area contributed by atoms with Gasteiger partial charge in [-0.3, -0.25) is 14.9 Å². The van der Waals surface area contributed by atoms with E-state index in [1.165, 1.54) is 12.3 Å². The second kappa shape index (κ2) is 5.95. The third-order valence-corrected chi connectivity index (χ3v) is 2.43. The van der Waals surface area contributed by atoms with Crippen molar-refractivity contribution in [1.29, 1.82) is 0 Å². The lowest BCUT2D eigenvalue weighted by atomic mass is 10.2. The van der Waals surface area contributed by atoms with Gasteiger partial charge in [-0.15, -0.1) is 0 Å². The van der Waals surface area contributed by atoms with Crippen LogP contribution in [0.25, 0.3) is 6.08 Å². The van der Waals surface area contributed by atoms with Crippen molar-refractivity contribution < 1.29 is 22.9 Å². The molecule has 6 nitrogen and oxygen atoms in total. The summed E-state index contributed by atoms with van der Waals surface area (Å²) in [4.78, 5) is 21.1. The van der Waals surface area contributed by atoms with Crippen LogP contribution in [0.5, 0.6) is 0 Å². The molecule has 0 saturated carbocycles. The van der Waals surface area contributed by atoms with E-state index in [-0.39, 0.29) is 0 Å². The Bertz CT molecular complexity index is 711. The van der Waals surface area contributed by atoms with Gasteiger partial charge in [-0.25, -0.2) is 4.39 Å². The van der Waals surface area contributed by atoms with Crippen molar-refractivity contribution in [3.63, 3.8) is 0 Å². The van der Waals surface area contributed by atoms with Gasteiger partial charge in [0.05, 0.1) is 16.9 Å². The molecule has 1 heterocycles.